The fourth-order valence-electron chi connectivity index (χ4n) is 3.92. The van der Waals surface area contributed by atoms with E-state index < -0.39 is 22.0 Å². The maximum absolute atomic E-state index is 13.4. The molecule has 1 amide bonds. The van der Waals surface area contributed by atoms with E-state index in [2.05, 4.69) is 5.32 Å². The molecule has 8 heteroatoms. The van der Waals surface area contributed by atoms with Gasteiger partial charge in [-0.25, -0.2) is 8.42 Å². The Morgan fingerprint density at radius 2 is 1.44 bits per heavy atom. The van der Waals surface area contributed by atoms with Crippen LogP contribution in [0.1, 0.15) is 5.56 Å². The molecule has 5 rings (SSSR count). The van der Waals surface area contributed by atoms with Crippen LogP contribution in [0.3, 0.4) is 0 Å². The molecule has 1 aliphatic heterocycles. The van der Waals surface area contributed by atoms with Gasteiger partial charge in [-0.15, -0.1) is 0 Å². The Bertz CT molecular complexity index is 1440. The van der Waals surface area contributed by atoms with E-state index in [1.54, 1.807) is 72.8 Å². The fraction of sp³-hybridized carbons (Fsp3) is 0.107. The van der Waals surface area contributed by atoms with Gasteiger partial charge in [0.15, 0.2) is 6.10 Å². The van der Waals surface area contributed by atoms with Crippen molar-refractivity contribution in [2.24, 2.45) is 0 Å². The van der Waals surface area contributed by atoms with Crippen molar-refractivity contribution in [1.29, 1.82) is 0 Å². The number of anilines is 2. The number of amides is 1. The summed E-state index contributed by atoms with van der Waals surface area (Å²) >= 11 is 0. The van der Waals surface area contributed by atoms with Crippen molar-refractivity contribution in [3.8, 4) is 17.2 Å². The van der Waals surface area contributed by atoms with E-state index >= 15 is 0 Å². The van der Waals surface area contributed by atoms with Gasteiger partial charge in [0.2, 0.25) is 10.0 Å². The first-order chi connectivity index (χ1) is 17.5. The molecule has 0 bridgehead atoms. The van der Waals surface area contributed by atoms with E-state index in [0.717, 1.165) is 0 Å². The smallest absolute Gasteiger partial charge is 0.267 e. The van der Waals surface area contributed by atoms with Crippen LogP contribution < -0.4 is 19.1 Å². The number of nitrogens with zero attached hydrogens (tertiary/aromatic N) is 1. The molecule has 0 spiro atoms. The average molecular weight is 501 g/mol. The van der Waals surface area contributed by atoms with Crippen LogP contribution >= 0.6 is 0 Å². The van der Waals surface area contributed by atoms with Crippen molar-refractivity contribution in [3.63, 3.8) is 0 Å². The van der Waals surface area contributed by atoms with Crippen molar-refractivity contribution >= 4 is 27.3 Å². The van der Waals surface area contributed by atoms with Crippen LogP contribution in [0.25, 0.3) is 0 Å². The number of nitrogens with one attached hydrogen (secondary N) is 1. The van der Waals surface area contributed by atoms with Gasteiger partial charge in [-0.3, -0.25) is 9.10 Å². The molecule has 36 heavy (non-hydrogen) atoms. The first-order valence-electron chi connectivity index (χ1n) is 11.4. The second-order valence-electron chi connectivity index (χ2n) is 8.28. The summed E-state index contributed by atoms with van der Waals surface area (Å²) in [4.78, 5) is 13.1. The average Bonchev–Trinajstić information content (AvgIpc) is 2.90. The minimum atomic E-state index is -3.77. The highest BCUT2D eigenvalue weighted by Gasteiger charge is 2.36. The summed E-state index contributed by atoms with van der Waals surface area (Å²) in [6.45, 7) is -0.132. The Morgan fingerprint density at radius 1 is 0.833 bits per heavy atom. The highest BCUT2D eigenvalue weighted by molar-refractivity contribution is 7.92. The number of sulfonamides is 1. The molecule has 1 aliphatic rings. The van der Waals surface area contributed by atoms with Gasteiger partial charge < -0.3 is 14.8 Å². The zero-order chi connectivity index (χ0) is 25.0. The third-order valence-electron chi connectivity index (χ3n) is 5.66. The zero-order valence-corrected chi connectivity index (χ0v) is 20.1. The largest absolute Gasteiger partial charge is 0.476 e. The van der Waals surface area contributed by atoms with Crippen LogP contribution in [0.4, 0.5) is 11.4 Å². The summed E-state index contributed by atoms with van der Waals surface area (Å²) in [5.74, 6) is 1.05. The molecule has 0 aliphatic carbocycles. The Kier molecular flexibility index (Phi) is 6.60. The number of hydrogen-bond donors (Lipinski definition) is 1. The van der Waals surface area contributed by atoms with Gasteiger partial charge in [0.25, 0.3) is 5.91 Å². The number of carbonyl (C=O) groups excluding carboxylic acids is 1. The SMILES string of the molecule is O=C(Nc1ccc(Oc2ccccc2)cc1)[C@H]1CN(S(=O)(=O)Cc2ccccc2)c2ccccc2O1. The normalized spacial score (nSPS) is 14.9. The second-order valence-corrected chi connectivity index (χ2v) is 10.2. The predicted octanol–water partition coefficient (Wildman–Crippen LogP) is 5.22. The summed E-state index contributed by atoms with van der Waals surface area (Å²) < 4.78 is 39.7. The molecule has 0 saturated carbocycles. The fourth-order valence-corrected chi connectivity index (χ4v) is 5.50. The van der Waals surface area contributed by atoms with Crippen molar-refractivity contribution in [3.05, 3.63) is 115 Å². The van der Waals surface area contributed by atoms with Crippen molar-refractivity contribution < 1.29 is 22.7 Å². The van der Waals surface area contributed by atoms with E-state index in [0.29, 0.717) is 34.2 Å². The first-order valence-corrected chi connectivity index (χ1v) is 13.0. The monoisotopic (exact) mass is 500 g/mol. The van der Waals surface area contributed by atoms with E-state index in [9.17, 15) is 13.2 Å². The van der Waals surface area contributed by atoms with E-state index in [1.807, 2.05) is 36.4 Å². The quantitative estimate of drug-likeness (QED) is 0.376. The summed E-state index contributed by atoms with van der Waals surface area (Å²) in [6.07, 6.45) is -1.02. The van der Waals surface area contributed by atoms with Crippen LogP contribution in [-0.2, 0) is 20.6 Å². The number of rotatable bonds is 7. The van der Waals surface area contributed by atoms with Crippen LogP contribution in [-0.4, -0.2) is 27.0 Å². The maximum Gasteiger partial charge on any atom is 0.267 e. The van der Waals surface area contributed by atoms with Crippen LogP contribution in [0, 0.1) is 0 Å². The summed E-state index contributed by atoms with van der Waals surface area (Å²) in [6, 6.07) is 32.1. The Morgan fingerprint density at radius 3 is 2.17 bits per heavy atom. The number of benzene rings is 4. The van der Waals surface area contributed by atoms with Gasteiger partial charge >= 0.3 is 0 Å². The Labute approximate surface area is 210 Å². The Hall–Kier alpha value is -4.30. The lowest BCUT2D eigenvalue weighted by atomic mass is 10.2. The molecular formula is C28H24N2O5S. The first kappa shape index (κ1) is 23.4. The molecule has 1 atom stereocenters. The number of hydrogen-bond acceptors (Lipinski definition) is 5. The Balaban J connectivity index is 1.31. The third kappa shape index (κ3) is 5.34. The molecule has 0 unspecified atom stereocenters. The maximum atomic E-state index is 13.4. The minimum Gasteiger partial charge on any atom is -0.476 e. The van der Waals surface area contributed by atoms with Gasteiger partial charge in [0.1, 0.15) is 17.2 Å². The van der Waals surface area contributed by atoms with Crippen molar-refractivity contribution in [2.45, 2.75) is 11.9 Å². The molecule has 4 aromatic rings. The molecule has 0 radical (unpaired) electrons. The molecule has 1 heterocycles. The lowest BCUT2D eigenvalue weighted by molar-refractivity contribution is -0.122. The van der Waals surface area contributed by atoms with Crippen LogP contribution in [0.2, 0.25) is 0 Å². The number of fused-ring (bicyclic) bond motifs is 1. The third-order valence-corrected chi connectivity index (χ3v) is 7.37. The molecule has 182 valence electrons. The number of ether oxygens (including phenoxy) is 2. The van der Waals surface area contributed by atoms with Crippen LogP contribution in [0.15, 0.2) is 109 Å². The molecule has 0 saturated heterocycles. The van der Waals surface area contributed by atoms with E-state index in [1.165, 1.54) is 4.31 Å². The second kappa shape index (κ2) is 10.1. The standard InChI is InChI=1S/C28H24N2O5S/c31-28(29-22-15-17-24(18-16-22)34-23-11-5-2-6-12-23)27-19-30(25-13-7-8-14-26(25)35-27)36(32,33)20-21-9-3-1-4-10-21/h1-18,27H,19-20H2,(H,29,31)/t27-/m1/s1. The van der Waals surface area contributed by atoms with Gasteiger partial charge in [0, 0.05) is 5.69 Å². The molecule has 0 fully saturated rings. The summed E-state index contributed by atoms with van der Waals surface area (Å²) in [5, 5.41) is 2.81. The topological polar surface area (TPSA) is 84.9 Å². The van der Waals surface area contributed by atoms with Gasteiger partial charge in [-0.2, -0.15) is 0 Å². The molecular weight excluding hydrogens is 476 g/mol. The van der Waals surface area contributed by atoms with Crippen molar-refractivity contribution in [1.82, 2.24) is 0 Å². The highest BCUT2D eigenvalue weighted by atomic mass is 32.2. The minimum absolute atomic E-state index is 0.132. The predicted molar refractivity (Wildman–Crippen MR) is 139 cm³/mol. The lowest BCUT2D eigenvalue weighted by Crippen LogP contribution is -2.49. The molecule has 0 aromatic heterocycles. The van der Waals surface area contributed by atoms with E-state index in [-0.39, 0.29) is 12.3 Å². The van der Waals surface area contributed by atoms with Gasteiger partial charge in [0.05, 0.1) is 18.0 Å². The van der Waals surface area contributed by atoms with Gasteiger partial charge in [-0.1, -0.05) is 60.7 Å². The van der Waals surface area contributed by atoms with E-state index in [4.69, 9.17) is 9.47 Å². The molecule has 7 nitrogen and oxygen atoms in total. The molecule has 1 N–H and O–H groups in total. The number of carbonyl (C=O) groups is 1. The van der Waals surface area contributed by atoms with Crippen molar-refractivity contribution in [2.75, 3.05) is 16.2 Å². The lowest BCUT2D eigenvalue weighted by Gasteiger charge is -2.34. The highest BCUT2D eigenvalue weighted by Crippen LogP contribution is 2.36. The zero-order valence-electron chi connectivity index (χ0n) is 19.3. The summed E-state index contributed by atoms with van der Waals surface area (Å²) in [5.41, 5.74) is 1.63. The number of para-hydroxylation sites is 3. The van der Waals surface area contributed by atoms with Gasteiger partial charge in [-0.05, 0) is 54.1 Å². The molecule has 4 aromatic carbocycles. The summed E-state index contributed by atoms with van der Waals surface area (Å²) in [7, 11) is -3.77. The van der Waals surface area contributed by atoms with Crippen LogP contribution in [0.5, 0.6) is 17.2 Å².